The van der Waals surface area contributed by atoms with Gasteiger partial charge in [0.1, 0.15) is 5.75 Å². The van der Waals surface area contributed by atoms with Crippen LogP contribution in [0.4, 0.5) is 0 Å². The number of methoxy groups -OCH3 is 1. The highest BCUT2D eigenvalue weighted by molar-refractivity contribution is 9.09. The van der Waals surface area contributed by atoms with Gasteiger partial charge in [-0.3, -0.25) is 4.98 Å². The van der Waals surface area contributed by atoms with Gasteiger partial charge in [-0.2, -0.15) is 0 Å². The topological polar surface area (TPSA) is 22.1 Å². The van der Waals surface area contributed by atoms with E-state index in [1.807, 2.05) is 36.7 Å². The lowest BCUT2D eigenvalue weighted by atomic mass is 10.1. The summed E-state index contributed by atoms with van der Waals surface area (Å²) in [4.78, 5) is 4.34. The number of pyridine rings is 1. The van der Waals surface area contributed by atoms with Crippen LogP contribution in [-0.4, -0.2) is 12.1 Å². The van der Waals surface area contributed by atoms with Crippen molar-refractivity contribution in [3.05, 3.63) is 59.9 Å². The van der Waals surface area contributed by atoms with Crippen LogP contribution in [0.2, 0.25) is 0 Å². The summed E-state index contributed by atoms with van der Waals surface area (Å²) < 4.78 is 5.14. The lowest BCUT2D eigenvalue weighted by Gasteiger charge is -2.10. The minimum atomic E-state index is 0.318. The number of alkyl halides is 1. The zero-order valence-electron chi connectivity index (χ0n) is 9.64. The molecule has 0 aliphatic heterocycles. The van der Waals surface area contributed by atoms with E-state index in [0.717, 1.165) is 12.2 Å². The minimum Gasteiger partial charge on any atom is -0.497 e. The van der Waals surface area contributed by atoms with E-state index in [1.54, 1.807) is 7.11 Å². The summed E-state index contributed by atoms with van der Waals surface area (Å²) in [5.41, 5.74) is 2.53. The molecule has 0 aliphatic rings. The fourth-order valence-electron chi connectivity index (χ4n) is 1.66. The number of rotatable bonds is 4. The van der Waals surface area contributed by atoms with Gasteiger partial charge in [-0.05, 0) is 41.8 Å². The van der Waals surface area contributed by atoms with Crippen LogP contribution in [0.3, 0.4) is 0 Å². The van der Waals surface area contributed by atoms with Crippen LogP contribution in [-0.2, 0) is 6.42 Å². The maximum absolute atomic E-state index is 5.14. The first-order valence-corrected chi connectivity index (χ1v) is 6.38. The van der Waals surface area contributed by atoms with Crippen LogP contribution in [0.5, 0.6) is 5.75 Å². The van der Waals surface area contributed by atoms with Crippen molar-refractivity contribution in [2.24, 2.45) is 0 Å². The molecule has 0 bridgehead atoms. The second kappa shape index (κ2) is 5.82. The third-order valence-corrected chi connectivity index (χ3v) is 3.49. The molecule has 3 heteroatoms. The van der Waals surface area contributed by atoms with E-state index < -0.39 is 0 Å². The normalized spacial score (nSPS) is 12.1. The molecule has 0 amide bonds. The minimum absolute atomic E-state index is 0.318. The van der Waals surface area contributed by atoms with Gasteiger partial charge in [0.25, 0.3) is 0 Å². The molecule has 0 saturated heterocycles. The van der Waals surface area contributed by atoms with Crippen molar-refractivity contribution >= 4 is 15.9 Å². The average Bonchev–Trinajstić information content (AvgIpc) is 2.40. The SMILES string of the molecule is COc1ccc(CC(Br)c2ccncc2)cc1. The first kappa shape index (κ1) is 12.1. The molecule has 2 nitrogen and oxygen atoms in total. The van der Waals surface area contributed by atoms with E-state index in [-0.39, 0.29) is 0 Å². The van der Waals surface area contributed by atoms with E-state index in [4.69, 9.17) is 4.74 Å². The van der Waals surface area contributed by atoms with E-state index >= 15 is 0 Å². The van der Waals surface area contributed by atoms with Gasteiger partial charge in [0.05, 0.1) is 7.11 Å². The van der Waals surface area contributed by atoms with Crippen LogP contribution in [0.15, 0.2) is 48.8 Å². The van der Waals surface area contributed by atoms with Crippen molar-refractivity contribution in [1.82, 2.24) is 4.98 Å². The smallest absolute Gasteiger partial charge is 0.118 e. The first-order chi connectivity index (χ1) is 8.29. The van der Waals surface area contributed by atoms with Crippen LogP contribution < -0.4 is 4.74 Å². The summed E-state index contributed by atoms with van der Waals surface area (Å²) in [5, 5.41) is 0. The highest BCUT2D eigenvalue weighted by atomic mass is 79.9. The Bertz CT molecular complexity index is 455. The number of hydrogen-bond donors (Lipinski definition) is 0. The molecule has 0 saturated carbocycles. The van der Waals surface area contributed by atoms with Gasteiger partial charge in [-0.15, -0.1) is 0 Å². The lowest BCUT2D eigenvalue weighted by Crippen LogP contribution is -1.95. The number of benzene rings is 1. The number of aromatic nitrogens is 1. The van der Waals surface area contributed by atoms with Crippen molar-refractivity contribution in [2.75, 3.05) is 7.11 Å². The van der Waals surface area contributed by atoms with Crippen molar-refractivity contribution in [1.29, 1.82) is 0 Å². The highest BCUT2D eigenvalue weighted by Gasteiger charge is 2.07. The van der Waals surface area contributed by atoms with Crippen LogP contribution in [0.1, 0.15) is 16.0 Å². The Kier molecular flexibility index (Phi) is 4.15. The molecule has 0 fully saturated rings. The monoisotopic (exact) mass is 291 g/mol. The summed E-state index contributed by atoms with van der Waals surface area (Å²) in [6.07, 6.45) is 4.59. The van der Waals surface area contributed by atoms with Crippen molar-refractivity contribution in [3.63, 3.8) is 0 Å². The fraction of sp³-hybridized carbons (Fsp3) is 0.214. The molecular formula is C14H14BrNO. The maximum Gasteiger partial charge on any atom is 0.118 e. The van der Waals surface area contributed by atoms with Crippen molar-refractivity contribution in [2.45, 2.75) is 11.2 Å². The second-order valence-electron chi connectivity index (χ2n) is 3.80. The second-order valence-corrected chi connectivity index (χ2v) is 4.91. The van der Waals surface area contributed by atoms with Gasteiger partial charge in [0.2, 0.25) is 0 Å². The molecule has 0 aliphatic carbocycles. The van der Waals surface area contributed by atoms with E-state index in [1.165, 1.54) is 11.1 Å². The number of hydrogen-bond acceptors (Lipinski definition) is 2. The fourth-order valence-corrected chi connectivity index (χ4v) is 2.34. The van der Waals surface area contributed by atoms with Crippen LogP contribution in [0.25, 0.3) is 0 Å². The Morgan fingerprint density at radius 3 is 2.35 bits per heavy atom. The molecule has 88 valence electrons. The van der Waals surface area contributed by atoms with E-state index in [9.17, 15) is 0 Å². The summed E-state index contributed by atoms with van der Waals surface area (Å²) in [6.45, 7) is 0. The molecule has 1 aromatic heterocycles. The third-order valence-electron chi connectivity index (χ3n) is 2.64. The highest BCUT2D eigenvalue weighted by Crippen LogP contribution is 2.27. The Hall–Kier alpha value is -1.35. The van der Waals surface area contributed by atoms with E-state index in [0.29, 0.717) is 4.83 Å². The standard InChI is InChI=1S/C14H14BrNO/c1-17-13-4-2-11(3-5-13)10-14(15)12-6-8-16-9-7-12/h2-9,14H,10H2,1H3. The third kappa shape index (κ3) is 3.30. The maximum atomic E-state index is 5.14. The predicted molar refractivity (Wildman–Crippen MR) is 72.6 cm³/mol. The molecule has 17 heavy (non-hydrogen) atoms. The predicted octanol–water partition coefficient (Wildman–Crippen LogP) is 3.77. The van der Waals surface area contributed by atoms with Crippen molar-refractivity contribution in [3.8, 4) is 5.75 Å². The molecule has 0 radical (unpaired) electrons. The summed E-state index contributed by atoms with van der Waals surface area (Å²) in [6, 6.07) is 12.2. The Morgan fingerprint density at radius 2 is 1.76 bits per heavy atom. The quantitative estimate of drug-likeness (QED) is 0.800. The van der Waals surface area contributed by atoms with Gasteiger partial charge in [0, 0.05) is 17.2 Å². The molecule has 0 N–H and O–H groups in total. The molecule has 1 atom stereocenters. The van der Waals surface area contributed by atoms with E-state index in [2.05, 4.69) is 33.0 Å². The van der Waals surface area contributed by atoms with Crippen LogP contribution >= 0.6 is 15.9 Å². The zero-order chi connectivity index (χ0) is 12.1. The van der Waals surface area contributed by atoms with Gasteiger partial charge < -0.3 is 4.74 Å². The molecule has 0 spiro atoms. The molecule has 1 aromatic carbocycles. The van der Waals surface area contributed by atoms with Gasteiger partial charge in [-0.25, -0.2) is 0 Å². The zero-order valence-corrected chi connectivity index (χ0v) is 11.2. The lowest BCUT2D eigenvalue weighted by molar-refractivity contribution is 0.414. The Balaban J connectivity index is 2.05. The van der Waals surface area contributed by atoms with Gasteiger partial charge in [-0.1, -0.05) is 28.1 Å². The largest absolute Gasteiger partial charge is 0.497 e. The van der Waals surface area contributed by atoms with Gasteiger partial charge >= 0.3 is 0 Å². The first-order valence-electron chi connectivity index (χ1n) is 5.46. The summed E-state index contributed by atoms with van der Waals surface area (Å²) in [7, 11) is 1.68. The van der Waals surface area contributed by atoms with Gasteiger partial charge in [0.15, 0.2) is 0 Å². The van der Waals surface area contributed by atoms with Crippen molar-refractivity contribution < 1.29 is 4.74 Å². The molecule has 2 rings (SSSR count). The average molecular weight is 292 g/mol. The number of nitrogens with zero attached hydrogens (tertiary/aromatic N) is 1. The summed E-state index contributed by atoms with van der Waals surface area (Å²) in [5.74, 6) is 0.892. The Morgan fingerprint density at radius 1 is 1.12 bits per heavy atom. The Labute approximate surface area is 110 Å². The molecular weight excluding hydrogens is 278 g/mol. The number of ether oxygens (including phenoxy) is 1. The summed E-state index contributed by atoms with van der Waals surface area (Å²) >= 11 is 3.70. The van der Waals surface area contributed by atoms with Crippen LogP contribution in [0, 0.1) is 0 Å². The molecule has 2 aromatic rings. The molecule has 1 unspecified atom stereocenters. The number of halogens is 1. The molecule has 1 heterocycles.